The van der Waals surface area contributed by atoms with E-state index in [1.807, 2.05) is 36.4 Å². The Morgan fingerprint density at radius 1 is 0.333 bits per heavy atom. The van der Waals surface area contributed by atoms with Crippen molar-refractivity contribution in [3.05, 3.63) is 118 Å². The molecule has 0 bridgehead atoms. The summed E-state index contributed by atoms with van der Waals surface area (Å²) in [6.45, 7) is 25.5. The van der Waals surface area contributed by atoms with Crippen LogP contribution >= 0.6 is 0 Å². The molecule has 9 nitrogen and oxygen atoms in total. The van der Waals surface area contributed by atoms with Crippen molar-refractivity contribution in [2.24, 2.45) is 0 Å². The van der Waals surface area contributed by atoms with Gasteiger partial charge in [-0.15, -0.1) is 0 Å². The van der Waals surface area contributed by atoms with E-state index in [4.69, 9.17) is 0 Å². The van der Waals surface area contributed by atoms with E-state index < -0.39 is 17.1 Å². The summed E-state index contributed by atoms with van der Waals surface area (Å²) in [4.78, 5) is 45.3. The molecule has 0 aliphatic carbocycles. The minimum atomic E-state index is -0.696. The van der Waals surface area contributed by atoms with E-state index >= 15 is 14.4 Å². The molecule has 384 valence electrons. The first-order valence-corrected chi connectivity index (χ1v) is 27.5. The summed E-state index contributed by atoms with van der Waals surface area (Å²) in [6, 6.07) is 11.7. The highest BCUT2D eigenvalue weighted by atomic mass is 16.3. The molecule has 0 aliphatic heterocycles. The number of hydrogen-bond donors (Lipinski definition) is 3. The second-order valence-electron chi connectivity index (χ2n) is 21.2. The van der Waals surface area contributed by atoms with E-state index in [1.165, 1.54) is 13.7 Å². The van der Waals surface area contributed by atoms with Gasteiger partial charge >= 0.3 is 17.1 Å². The quantitative estimate of drug-likeness (QED) is 0.0478. The summed E-state index contributed by atoms with van der Waals surface area (Å²) in [5, 5.41) is 35.5. The van der Waals surface area contributed by atoms with Crippen LogP contribution in [0.2, 0.25) is 0 Å². The SMILES string of the molecule is CCCCC(C)c1cc(Cn2c(=O)n(Cc3cc(C(C)CCCC)c(O)c(C(C)CCCC)c3)c(=O)n(Cc3cc(C(C)CCCC)c(O)c(C(C)CCCC)c3)c2=O)cc(C(C)CCCC)c1O. The van der Waals surface area contributed by atoms with Crippen molar-refractivity contribution in [3.63, 3.8) is 0 Å². The zero-order valence-corrected chi connectivity index (χ0v) is 45.2. The number of aromatic hydroxyl groups is 3. The van der Waals surface area contributed by atoms with E-state index in [9.17, 15) is 15.3 Å². The Balaban J connectivity index is 2.07. The van der Waals surface area contributed by atoms with Gasteiger partial charge in [0.15, 0.2) is 0 Å². The summed E-state index contributed by atoms with van der Waals surface area (Å²) >= 11 is 0. The van der Waals surface area contributed by atoms with Crippen molar-refractivity contribution in [2.45, 2.75) is 254 Å². The Kier molecular flexibility index (Phi) is 22.9. The van der Waals surface area contributed by atoms with Crippen LogP contribution in [0.15, 0.2) is 50.8 Å². The molecule has 6 atom stereocenters. The zero-order valence-electron chi connectivity index (χ0n) is 45.2. The largest absolute Gasteiger partial charge is 0.507 e. The van der Waals surface area contributed by atoms with Crippen molar-refractivity contribution >= 4 is 0 Å². The average Bonchev–Trinajstić information content (AvgIpc) is 3.34. The third kappa shape index (κ3) is 14.8. The molecule has 0 radical (unpaired) electrons. The van der Waals surface area contributed by atoms with Gasteiger partial charge in [-0.05, 0) is 124 Å². The fourth-order valence-corrected chi connectivity index (χ4v) is 10.4. The zero-order chi connectivity index (χ0) is 50.9. The maximum atomic E-state index is 15.1. The smallest absolute Gasteiger partial charge is 0.336 e. The average molecular weight is 952 g/mol. The highest BCUT2D eigenvalue weighted by Crippen LogP contribution is 2.41. The molecule has 3 aromatic carbocycles. The molecule has 1 heterocycles. The predicted octanol–water partition coefficient (Wildman–Crippen LogP) is 15.2. The second-order valence-corrected chi connectivity index (χ2v) is 21.2. The van der Waals surface area contributed by atoms with Crippen LogP contribution in [-0.2, 0) is 19.6 Å². The van der Waals surface area contributed by atoms with Gasteiger partial charge in [0.1, 0.15) is 17.2 Å². The first-order valence-electron chi connectivity index (χ1n) is 27.5. The molecule has 0 aliphatic rings. The van der Waals surface area contributed by atoms with Crippen LogP contribution in [-0.4, -0.2) is 29.0 Å². The lowest BCUT2D eigenvalue weighted by molar-refractivity contribution is 0.442. The molecule has 69 heavy (non-hydrogen) atoms. The molecular weight excluding hydrogens is 859 g/mol. The van der Waals surface area contributed by atoms with Crippen LogP contribution in [0.1, 0.15) is 284 Å². The van der Waals surface area contributed by atoms with Gasteiger partial charge in [0.25, 0.3) is 0 Å². The molecule has 0 saturated carbocycles. The molecule has 0 saturated heterocycles. The minimum Gasteiger partial charge on any atom is -0.507 e. The maximum Gasteiger partial charge on any atom is 0.336 e. The Bertz CT molecular complexity index is 2020. The Morgan fingerprint density at radius 2 is 0.493 bits per heavy atom. The van der Waals surface area contributed by atoms with Crippen molar-refractivity contribution in [1.82, 2.24) is 13.7 Å². The molecular formula is C60H93N3O6. The van der Waals surface area contributed by atoms with Gasteiger partial charge in [0, 0.05) is 0 Å². The topological polar surface area (TPSA) is 127 Å². The van der Waals surface area contributed by atoms with Crippen LogP contribution in [0.4, 0.5) is 0 Å². The summed E-state index contributed by atoms with van der Waals surface area (Å²) in [5.41, 5.74) is 5.01. The molecule has 0 fully saturated rings. The fourth-order valence-electron chi connectivity index (χ4n) is 10.4. The summed E-state index contributed by atoms with van der Waals surface area (Å²) in [6.07, 6.45) is 17.6. The summed E-state index contributed by atoms with van der Waals surface area (Å²) in [7, 11) is 0. The van der Waals surface area contributed by atoms with E-state index in [0.29, 0.717) is 17.2 Å². The van der Waals surface area contributed by atoms with Gasteiger partial charge in [0.05, 0.1) is 19.6 Å². The third-order valence-electron chi connectivity index (χ3n) is 15.2. The van der Waals surface area contributed by atoms with E-state index in [0.717, 1.165) is 166 Å². The standard InChI is InChI=1S/C60H93N3O6/c1-13-19-25-40(7)49-31-46(32-50(55(49)64)41(8)26-20-14-2)37-61-58(67)62(38-47-33-51(42(9)27-21-15-3)56(65)52(34-47)43(10)28-22-16-4)60(69)63(59(61)68)39-48-35-53(44(11)29-23-17-5)57(66)54(36-48)45(12)30-24-18-6/h31-36,40-45,64-66H,13-30,37-39H2,1-12H3. The van der Waals surface area contributed by atoms with Crippen molar-refractivity contribution in [1.29, 1.82) is 0 Å². The van der Waals surface area contributed by atoms with Gasteiger partial charge in [-0.2, -0.15) is 0 Å². The van der Waals surface area contributed by atoms with Gasteiger partial charge < -0.3 is 15.3 Å². The van der Waals surface area contributed by atoms with Crippen LogP contribution in [0.3, 0.4) is 0 Å². The number of benzene rings is 3. The lowest BCUT2D eigenvalue weighted by Gasteiger charge is -2.23. The van der Waals surface area contributed by atoms with Crippen molar-refractivity contribution in [3.8, 4) is 17.2 Å². The summed E-state index contributed by atoms with van der Waals surface area (Å²) < 4.78 is 3.63. The Hall–Kier alpha value is -4.53. The first-order chi connectivity index (χ1) is 33.0. The number of hydrogen-bond acceptors (Lipinski definition) is 6. The molecule has 3 N–H and O–H groups in total. The maximum absolute atomic E-state index is 15.1. The first kappa shape index (κ1) is 57.1. The van der Waals surface area contributed by atoms with Crippen molar-refractivity contribution in [2.75, 3.05) is 0 Å². The molecule has 0 amide bonds. The molecule has 4 rings (SSSR count). The monoisotopic (exact) mass is 952 g/mol. The van der Waals surface area contributed by atoms with E-state index in [1.54, 1.807) is 0 Å². The number of nitrogens with zero attached hydrogens (tertiary/aromatic N) is 3. The number of rotatable bonds is 30. The normalized spacial score (nSPS) is 14.4. The van der Waals surface area contributed by atoms with Crippen molar-refractivity contribution < 1.29 is 15.3 Å². The lowest BCUT2D eigenvalue weighted by atomic mass is 9.86. The molecule has 6 unspecified atom stereocenters. The third-order valence-corrected chi connectivity index (χ3v) is 15.2. The minimum absolute atomic E-state index is 0.0546. The lowest BCUT2D eigenvalue weighted by Crippen LogP contribution is -2.54. The van der Waals surface area contributed by atoms with E-state index in [-0.39, 0.29) is 55.1 Å². The predicted molar refractivity (Wildman–Crippen MR) is 288 cm³/mol. The molecule has 0 spiro atoms. The van der Waals surface area contributed by atoms with Gasteiger partial charge in [-0.25, -0.2) is 28.1 Å². The molecule has 1 aromatic heterocycles. The highest BCUT2D eigenvalue weighted by Gasteiger charge is 2.26. The number of aromatic nitrogens is 3. The van der Waals surface area contributed by atoms with Gasteiger partial charge in [-0.3, -0.25) is 0 Å². The molecule has 4 aromatic rings. The van der Waals surface area contributed by atoms with E-state index in [2.05, 4.69) is 83.1 Å². The molecule has 9 heteroatoms. The van der Waals surface area contributed by atoms with Gasteiger partial charge in [-0.1, -0.05) is 197 Å². The fraction of sp³-hybridized carbons (Fsp3) is 0.650. The number of unbranched alkanes of at least 4 members (excludes halogenated alkanes) is 6. The number of phenols is 3. The van der Waals surface area contributed by atoms with Crippen LogP contribution in [0.5, 0.6) is 17.2 Å². The number of phenolic OH excluding ortho intramolecular Hbond substituents is 3. The summed E-state index contributed by atoms with van der Waals surface area (Å²) in [5.74, 6) is 1.21. The Labute approximate surface area is 416 Å². The van der Waals surface area contributed by atoms with Crippen LogP contribution in [0.25, 0.3) is 0 Å². The van der Waals surface area contributed by atoms with Crippen LogP contribution in [0, 0.1) is 0 Å². The van der Waals surface area contributed by atoms with Crippen LogP contribution < -0.4 is 17.1 Å². The highest BCUT2D eigenvalue weighted by molar-refractivity contribution is 5.49. The van der Waals surface area contributed by atoms with Gasteiger partial charge in [0.2, 0.25) is 0 Å². The second kappa shape index (κ2) is 27.8. The Morgan fingerprint density at radius 3 is 0.638 bits per heavy atom.